The van der Waals surface area contributed by atoms with Gasteiger partial charge in [-0.15, -0.1) is 6.58 Å². The molecule has 0 aliphatic heterocycles. The number of hydrogen-bond donors (Lipinski definition) is 0. The zero-order valence-corrected chi connectivity index (χ0v) is 12.9. The summed E-state index contributed by atoms with van der Waals surface area (Å²) in [4.78, 5) is 24.1. The first-order valence-corrected chi connectivity index (χ1v) is 6.70. The molecule has 0 N–H and O–H groups in total. The second kappa shape index (κ2) is 7.97. The molecule has 0 bridgehead atoms. The Morgan fingerprint density at radius 1 is 1.52 bits per heavy atom. The van der Waals surface area contributed by atoms with E-state index in [4.69, 9.17) is 27.9 Å². The lowest BCUT2D eigenvalue weighted by molar-refractivity contribution is -0.384. The Bertz CT molecular complexity index is 563. The molecule has 114 valence electrons. The summed E-state index contributed by atoms with van der Waals surface area (Å²) in [6.07, 6.45) is 1.54. The molecule has 1 aromatic rings. The van der Waals surface area contributed by atoms with E-state index in [2.05, 4.69) is 6.58 Å². The van der Waals surface area contributed by atoms with E-state index in [1.54, 1.807) is 6.08 Å². The van der Waals surface area contributed by atoms with Gasteiger partial charge in [0.2, 0.25) is 0 Å². The number of methoxy groups -OCH3 is 1. The van der Waals surface area contributed by atoms with Gasteiger partial charge in [-0.25, -0.2) is 0 Å². The molecule has 1 rings (SSSR count). The number of nitro benzene ring substituents is 1. The Kier molecular flexibility index (Phi) is 6.61. The smallest absolute Gasteiger partial charge is 0.271 e. The van der Waals surface area contributed by atoms with Gasteiger partial charge in [0.25, 0.3) is 11.6 Å². The van der Waals surface area contributed by atoms with E-state index in [-0.39, 0.29) is 27.8 Å². The molecule has 1 aromatic carbocycles. The Morgan fingerprint density at radius 2 is 2.19 bits per heavy atom. The van der Waals surface area contributed by atoms with E-state index in [0.717, 1.165) is 12.1 Å². The Labute approximate surface area is 132 Å². The van der Waals surface area contributed by atoms with Crippen LogP contribution in [-0.4, -0.2) is 42.5 Å². The highest BCUT2D eigenvalue weighted by molar-refractivity contribution is 6.44. The number of hydrogen-bond acceptors (Lipinski definition) is 4. The highest BCUT2D eigenvalue weighted by Crippen LogP contribution is 2.31. The number of ether oxygens (including phenoxy) is 1. The van der Waals surface area contributed by atoms with Crippen LogP contribution in [0.4, 0.5) is 5.69 Å². The molecule has 0 aromatic heterocycles. The van der Waals surface area contributed by atoms with E-state index in [9.17, 15) is 14.9 Å². The van der Waals surface area contributed by atoms with Gasteiger partial charge in [0.1, 0.15) is 0 Å². The number of benzene rings is 1. The normalized spacial score (nSPS) is 10.2. The number of carbonyl (C=O) groups is 1. The van der Waals surface area contributed by atoms with Gasteiger partial charge in [0.15, 0.2) is 0 Å². The second-order valence-electron chi connectivity index (χ2n) is 4.08. The van der Waals surface area contributed by atoms with Crippen LogP contribution in [-0.2, 0) is 4.74 Å². The van der Waals surface area contributed by atoms with Crippen molar-refractivity contribution in [2.75, 3.05) is 26.8 Å². The number of nitro groups is 1. The van der Waals surface area contributed by atoms with Crippen molar-refractivity contribution < 1.29 is 14.5 Å². The zero-order valence-electron chi connectivity index (χ0n) is 11.3. The molecule has 1 amide bonds. The summed E-state index contributed by atoms with van der Waals surface area (Å²) in [6, 6.07) is 2.22. The van der Waals surface area contributed by atoms with Gasteiger partial charge in [-0.05, 0) is 0 Å². The summed E-state index contributed by atoms with van der Waals surface area (Å²) >= 11 is 11.8. The van der Waals surface area contributed by atoms with Crippen LogP contribution < -0.4 is 0 Å². The summed E-state index contributed by atoms with van der Waals surface area (Å²) in [5.41, 5.74) is -0.313. The fourth-order valence-electron chi connectivity index (χ4n) is 1.64. The molecule has 0 heterocycles. The van der Waals surface area contributed by atoms with E-state index in [0.29, 0.717) is 13.2 Å². The molecule has 8 heteroatoms. The Hall–Kier alpha value is -1.63. The minimum atomic E-state index is -0.633. The topological polar surface area (TPSA) is 72.7 Å². The number of non-ortho nitro benzene ring substituents is 1. The molecule has 0 fully saturated rings. The number of rotatable bonds is 7. The predicted octanol–water partition coefficient (Wildman–Crippen LogP) is 3.18. The summed E-state index contributed by atoms with van der Waals surface area (Å²) in [5.74, 6) is -0.470. The molecule has 0 saturated carbocycles. The van der Waals surface area contributed by atoms with Gasteiger partial charge in [-0.3, -0.25) is 14.9 Å². The molecular formula is C13H14Cl2N2O4. The number of nitrogens with zero attached hydrogens (tertiary/aromatic N) is 2. The average Bonchev–Trinajstić information content (AvgIpc) is 2.45. The third kappa shape index (κ3) is 4.42. The van der Waals surface area contributed by atoms with Crippen LogP contribution in [0, 0.1) is 10.1 Å². The maximum Gasteiger partial charge on any atom is 0.271 e. The molecule has 0 saturated heterocycles. The van der Waals surface area contributed by atoms with E-state index < -0.39 is 10.8 Å². The lowest BCUT2D eigenvalue weighted by atomic mass is 10.1. The second-order valence-corrected chi connectivity index (χ2v) is 4.86. The highest BCUT2D eigenvalue weighted by atomic mass is 35.5. The molecule has 0 radical (unpaired) electrons. The predicted molar refractivity (Wildman–Crippen MR) is 81.1 cm³/mol. The summed E-state index contributed by atoms with van der Waals surface area (Å²) in [7, 11) is 1.51. The van der Waals surface area contributed by atoms with Crippen LogP contribution in [0.5, 0.6) is 0 Å². The van der Waals surface area contributed by atoms with Crippen molar-refractivity contribution >= 4 is 34.8 Å². The quantitative estimate of drug-likeness (QED) is 0.436. The van der Waals surface area contributed by atoms with Crippen molar-refractivity contribution in [1.29, 1.82) is 0 Å². The van der Waals surface area contributed by atoms with Gasteiger partial charge in [0.05, 0.1) is 27.1 Å². The van der Waals surface area contributed by atoms with Gasteiger partial charge in [-0.2, -0.15) is 0 Å². The first kappa shape index (κ1) is 17.4. The van der Waals surface area contributed by atoms with E-state index in [1.807, 2.05) is 0 Å². The van der Waals surface area contributed by atoms with Gasteiger partial charge >= 0.3 is 0 Å². The van der Waals surface area contributed by atoms with Gasteiger partial charge in [0, 0.05) is 32.3 Å². The highest BCUT2D eigenvalue weighted by Gasteiger charge is 2.23. The average molecular weight is 333 g/mol. The molecule has 21 heavy (non-hydrogen) atoms. The minimum absolute atomic E-state index is 0.0151. The third-order valence-electron chi connectivity index (χ3n) is 2.66. The van der Waals surface area contributed by atoms with Crippen LogP contribution in [0.15, 0.2) is 24.8 Å². The maximum atomic E-state index is 12.4. The summed E-state index contributed by atoms with van der Waals surface area (Å²) in [5, 5.41) is 10.8. The molecule has 0 aliphatic carbocycles. The summed E-state index contributed by atoms with van der Waals surface area (Å²) in [6.45, 7) is 4.45. The SMILES string of the molecule is C=CCN(CCOC)C(=O)c1cc([N+](=O)[O-])cc(Cl)c1Cl. The number of amides is 1. The Morgan fingerprint density at radius 3 is 2.71 bits per heavy atom. The summed E-state index contributed by atoms with van der Waals surface area (Å²) < 4.78 is 4.93. The molecule has 0 atom stereocenters. The lowest BCUT2D eigenvalue weighted by Crippen LogP contribution is -2.34. The monoisotopic (exact) mass is 332 g/mol. The van der Waals surface area contributed by atoms with E-state index >= 15 is 0 Å². The maximum absolute atomic E-state index is 12.4. The third-order valence-corrected chi connectivity index (χ3v) is 3.46. The van der Waals surface area contributed by atoms with Crippen molar-refractivity contribution in [3.63, 3.8) is 0 Å². The molecular weight excluding hydrogens is 319 g/mol. The molecule has 0 aliphatic rings. The molecule has 6 nitrogen and oxygen atoms in total. The first-order chi connectivity index (χ1) is 9.92. The van der Waals surface area contributed by atoms with Crippen LogP contribution in [0.2, 0.25) is 10.0 Å². The van der Waals surface area contributed by atoms with Crippen molar-refractivity contribution in [2.24, 2.45) is 0 Å². The fraction of sp³-hybridized carbons (Fsp3) is 0.308. The largest absolute Gasteiger partial charge is 0.383 e. The lowest BCUT2D eigenvalue weighted by Gasteiger charge is -2.21. The van der Waals surface area contributed by atoms with Crippen LogP contribution >= 0.6 is 23.2 Å². The minimum Gasteiger partial charge on any atom is -0.383 e. The number of carbonyl (C=O) groups excluding carboxylic acids is 1. The van der Waals surface area contributed by atoms with Gasteiger partial charge in [-0.1, -0.05) is 29.3 Å². The van der Waals surface area contributed by atoms with Crippen molar-refractivity contribution in [3.05, 3.63) is 50.5 Å². The van der Waals surface area contributed by atoms with Crippen molar-refractivity contribution in [1.82, 2.24) is 4.90 Å². The standard InChI is InChI=1S/C13H14Cl2N2O4/c1-3-4-16(5-6-21-2)13(18)10-7-9(17(19)20)8-11(14)12(10)15/h3,7-8H,1,4-6H2,2H3. The zero-order chi connectivity index (χ0) is 16.0. The van der Waals surface area contributed by atoms with Crippen molar-refractivity contribution in [2.45, 2.75) is 0 Å². The van der Waals surface area contributed by atoms with E-state index in [1.165, 1.54) is 12.0 Å². The molecule has 0 unspecified atom stereocenters. The van der Waals surface area contributed by atoms with Gasteiger partial charge < -0.3 is 9.64 Å². The van der Waals surface area contributed by atoms with Crippen LogP contribution in [0.25, 0.3) is 0 Å². The Balaban J connectivity index is 3.19. The number of halogens is 2. The van der Waals surface area contributed by atoms with Crippen LogP contribution in [0.3, 0.4) is 0 Å². The molecule has 0 spiro atoms. The fourth-order valence-corrected chi connectivity index (χ4v) is 2.04. The van der Waals surface area contributed by atoms with Crippen LogP contribution in [0.1, 0.15) is 10.4 Å². The first-order valence-electron chi connectivity index (χ1n) is 5.95. The van der Waals surface area contributed by atoms with Crippen molar-refractivity contribution in [3.8, 4) is 0 Å².